The Kier molecular flexibility index (Phi) is 4.72. The van der Waals surface area contributed by atoms with Crippen molar-refractivity contribution in [3.05, 3.63) is 64.3 Å². The van der Waals surface area contributed by atoms with Crippen molar-refractivity contribution >= 4 is 10.8 Å². The third-order valence-electron chi connectivity index (χ3n) is 9.56. The molecule has 0 aliphatic heterocycles. The lowest BCUT2D eigenvalue weighted by Crippen LogP contribution is -2.35. The van der Waals surface area contributed by atoms with Gasteiger partial charge in [-0.05, 0) is 121 Å². The Hall–Kier alpha value is -2.15. The summed E-state index contributed by atoms with van der Waals surface area (Å²) in [5.41, 5.74) is 10.3. The lowest BCUT2D eigenvalue weighted by molar-refractivity contribution is -0.665. The zero-order valence-electron chi connectivity index (χ0n) is 22.2. The average Bonchev–Trinajstić information content (AvgIpc) is 2.83. The highest BCUT2D eigenvalue weighted by Gasteiger charge is 2.34. The van der Waals surface area contributed by atoms with Crippen molar-refractivity contribution in [1.82, 2.24) is 0 Å². The summed E-state index contributed by atoms with van der Waals surface area (Å²) in [4.78, 5) is 0. The summed E-state index contributed by atoms with van der Waals surface area (Å²) in [5.74, 6) is 2.16. The molecule has 0 spiro atoms. The standard InChI is InChI=1S/C32H40N/c1-20-16-29-23-6-8-24(9-7-23)30(29)19-28(20)31-27-11-10-25(18-26(27)17-21(2)33(31)5)22-12-14-32(3,4)15-13-22/h10-11,16-19,22-24H,6-9,12-15H2,1-5H3/q+1/i17D. The summed E-state index contributed by atoms with van der Waals surface area (Å²) in [6.07, 6.45) is 10.6. The molecule has 0 radical (unpaired) electrons. The van der Waals surface area contributed by atoms with Gasteiger partial charge in [0.15, 0.2) is 5.69 Å². The van der Waals surface area contributed by atoms with E-state index in [0.717, 1.165) is 22.9 Å². The van der Waals surface area contributed by atoms with Crippen LogP contribution in [0.1, 0.15) is 112 Å². The van der Waals surface area contributed by atoms with Gasteiger partial charge in [-0.15, -0.1) is 0 Å². The molecular formula is C32H40N+. The van der Waals surface area contributed by atoms with Gasteiger partial charge in [0, 0.05) is 13.0 Å². The fourth-order valence-corrected chi connectivity index (χ4v) is 7.24. The summed E-state index contributed by atoms with van der Waals surface area (Å²) >= 11 is 0. The maximum atomic E-state index is 9.01. The fourth-order valence-electron chi connectivity index (χ4n) is 7.24. The van der Waals surface area contributed by atoms with Crippen LogP contribution in [0.25, 0.3) is 22.0 Å². The van der Waals surface area contributed by atoms with E-state index in [1.54, 1.807) is 11.1 Å². The summed E-state index contributed by atoms with van der Waals surface area (Å²) in [7, 11) is 2.16. The second kappa shape index (κ2) is 7.69. The van der Waals surface area contributed by atoms with Crippen LogP contribution in [0, 0.1) is 19.3 Å². The van der Waals surface area contributed by atoms with Crippen LogP contribution in [-0.4, -0.2) is 0 Å². The molecule has 0 atom stereocenters. The Labute approximate surface area is 201 Å². The van der Waals surface area contributed by atoms with Crippen molar-refractivity contribution in [2.45, 2.75) is 96.8 Å². The maximum absolute atomic E-state index is 9.01. The van der Waals surface area contributed by atoms with Crippen LogP contribution in [0.5, 0.6) is 0 Å². The van der Waals surface area contributed by atoms with Crippen LogP contribution < -0.4 is 4.57 Å². The lowest BCUT2D eigenvalue weighted by Gasteiger charge is -2.38. The van der Waals surface area contributed by atoms with Gasteiger partial charge < -0.3 is 0 Å². The van der Waals surface area contributed by atoms with E-state index in [1.165, 1.54) is 79.1 Å². The van der Waals surface area contributed by atoms with Crippen LogP contribution in [0.15, 0.2) is 36.4 Å². The highest BCUT2D eigenvalue weighted by atomic mass is 14.9. The van der Waals surface area contributed by atoms with E-state index in [4.69, 9.17) is 1.37 Å². The molecule has 33 heavy (non-hydrogen) atoms. The van der Waals surface area contributed by atoms with Crippen molar-refractivity contribution in [3.63, 3.8) is 0 Å². The van der Waals surface area contributed by atoms with E-state index in [-0.39, 0.29) is 0 Å². The Morgan fingerprint density at radius 1 is 0.848 bits per heavy atom. The monoisotopic (exact) mass is 439 g/mol. The van der Waals surface area contributed by atoms with Gasteiger partial charge in [0.1, 0.15) is 7.05 Å². The van der Waals surface area contributed by atoms with E-state index in [1.807, 2.05) is 0 Å². The van der Waals surface area contributed by atoms with Gasteiger partial charge in [-0.1, -0.05) is 32.0 Å². The van der Waals surface area contributed by atoms with Crippen LogP contribution in [-0.2, 0) is 7.05 Å². The number of nitrogens with zero attached hydrogens (tertiary/aromatic N) is 1. The quantitative estimate of drug-likeness (QED) is 0.353. The maximum Gasteiger partial charge on any atom is 0.220 e. The van der Waals surface area contributed by atoms with E-state index in [0.29, 0.717) is 17.4 Å². The second-order valence-corrected chi connectivity index (χ2v) is 12.2. The number of fused-ring (bicyclic) bond motifs is 3. The first-order valence-corrected chi connectivity index (χ1v) is 13.3. The van der Waals surface area contributed by atoms with Gasteiger partial charge in [0.05, 0.1) is 12.3 Å². The number of hydrogen-bond donors (Lipinski definition) is 0. The zero-order valence-corrected chi connectivity index (χ0v) is 21.2. The second-order valence-electron chi connectivity index (χ2n) is 12.2. The zero-order chi connectivity index (χ0) is 23.8. The number of benzene rings is 2. The van der Waals surface area contributed by atoms with Crippen molar-refractivity contribution < 1.29 is 5.94 Å². The minimum absolute atomic E-state index is 0.481. The molecule has 2 saturated carbocycles. The molecule has 3 aromatic rings. The van der Waals surface area contributed by atoms with E-state index in [9.17, 15) is 0 Å². The molecule has 4 aliphatic carbocycles. The van der Waals surface area contributed by atoms with Crippen molar-refractivity contribution in [3.8, 4) is 11.3 Å². The molecule has 1 nitrogen and oxygen atoms in total. The number of pyridine rings is 1. The smallest absolute Gasteiger partial charge is 0.198 e. The molecule has 1 heterocycles. The topological polar surface area (TPSA) is 3.88 Å². The molecule has 4 aliphatic rings. The summed E-state index contributed by atoms with van der Waals surface area (Å²) < 4.78 is 11.3. The van der Waals surface area contributed by atoms with Crippen LogP contribution in [0.3, 0.4) is 0 Å². The number of rotatable bonds is 2. The summed E-state index contributed by atoms with van der Waals surface area (Å²) in [6.45, 7) is 9.24. The number of aryl methyl sites for hydroxylation is 1. The fraction of sp³-hybridized carbons (Fsp3) is 0.531. The molecule has 0 saturated heterocycles. The summed E-state index contributed by atoms with van der Waals surface area (Å²) in [6, 6.07) is 12.8. The molecule has 7 rings (SSSR count). The minimum atomic E-state index is 0.481. The molecule has 2 aromatic carbocycles. The van der Waals surface area contributed by atoms with Crippen molar-refractivity contribution in [2.75, 3.05) is 0 Å². The van der Waals surface area contributed by atoms with E-state index in [2.05, 4.69) is 69.6 Å². The molecule has 2 bridgehead atoms. The lowest BCUT2D eigenvalue weighted by atomic mass is 9.66. The SMILES string of the molecule is [2H]c1c(C)[n+](C)c(-c2cc3c(cc2C)C2CCC3CC2)c2ccc(C3CCC(C)(C)CC3)cc12. The van der Waals surface area contributed by atoms with Gasteiger partial charge in [0.25, 0.3) is 0 Å². The highest BCUT2D eigenvalue weighted by Crippen LogP contribution is 2.51. The van der Waals surface area contributed by atoms with Crippen molar-refractivity contribution in [2.24, 2.45) is 12.5 Å². The first-order chi connectivity index (χ1) is 16.2. The molecule has 1 heteroatoms. The molecule has 0 amide bonds. The van der Waals surface area contributed by atoms with Crippen LogP contribution in [0.2, 0.25) is 0 Å². The minimum Gasteiger partial charge on any atom is -0.198 e. The molecule has 0 unspecified atom stereocenters. The Balaban J connectivity index is 1.50. The van der Waals surface area contributed by atoms with Gasteiger partial charge in [0.2, 0.25) is 5.69 Å². The van der Waals surface area contributed by atoms with E-state index < -0.39 is 0 Å². The largest absolute Gasteiger partial charge is 0.220 e. The molecule has 1 aromatic heterocycles. The summed E-state index contributed by atoms with van der Waals surface area (Å²) in [5, 5.41) is 2.37. The van der Waals surface area contributed by atoms with Gasteiger partial charge in [-0.3, -0.25) is 0 Å². The third kappa shape index (κ3) is 3.54. The normalized spacial score (nSPS) is 24.7. The number of aromatic nitrogens is 1. The van der Waals surface area contributed by atoms with Gasteiger partial charge >= 0.3 is 0 Å². The number of hydrogen-bond acceptors (Lipinski definition) is 0. The molecule has 172 valence electrons. The first kappa shape index (κ1) is 20.2. The predicted octanol–water partition coefficient (Wildman–Crippen LogP) is 8.39. The highest BCUT2D eigenvalue weighted by molar-refractivity contribution is 5.94. The molecule has 0 N–H and O–H groups in total. The third-order valence-corrected chi connectivity index (χ3v) is 9.56. The van der Waals surface area contributed by atoms with Crippen molar-refractivity contribution in [1.29, 1.82) is 0 Å². The first-order valence-electron chi connectivity index (χ1n) is 13.8. The predicted molar refractivity (Wildman–Crippen MR) is 139 cm³/mol. The average molecular weight is 440 g/mol. The van der Waals surface area contributed by atoms with Crippen LogP contribution in [0.4, 0.5) is 0 Å². The Morgan fingerprint density at radius 2 is 1.48 bits per heavy atom. The molecular weight excluding hydrogens is 398 g/mol. The van der Waals surface area contributed by atoms with E-state index >= 15 is 0 Å². The van der Waals surface area contributed by atoms with Gasteiger partial charge in [-0.2, -0.15) is 4.57 Å². The molecule has 2 fully saturated rings. The Bertz CT molecular complexity index is 1280. The van der Waals surface area contributed by atoms with Crippen LogP contribution >= 0.6 is 0 Å². The van der Waals surface area contributed by atoms with Gasteiger partial charge in [-0.25, -0.2) is 0 Å². The Morgan fingerprint density at radius 3 is 2.15 bits per heavy atom.